The minimum atomic E-state index is -1.29. The average Bonchev–Trinajstić information content (AvgIpc) is 3.02. The number of amides is 4. The molecule has 11 nitrogen and oxygen atoms in total. The molecule has 11 heteroatoms. The third-order valence-corrected chi connectivity index (χ3v) is 3.35. The van der Waals surface area contributed by atoms with Crippen LogP contribution in [0.4, 0.5) is 0 Å². The quantitative estimate of drug-likeness (QED) is 0.557. The largest absolute Gasteiger partial charge is 0.349 e. The number of hydrogen-bond donors (Lipinski definition) is 1. The maximum atomic E-state index is 11.7. The molecule has 0 saturated carbocycles. The van der Waals surface area contributed by atoms with Crippen LogP contribution in [0, 0.1) is 0 Å². The molecule has 0 bridgehead atoms. The molecule has 2 aliphatic rings. The van der Waals surface area contributed by atoms with Crippen LogP contribution in [-0.2, 0) is 38.4 Å². The van der Waals surface area contributed by atoms with Crippen molar-refractivity contribution < 1.29 is 38.4 Å². The number of carbonyl (C=O) groups excluding carboxylic acids is 6. The first-order valence-electron chi connectivity index (χ1n) is 7.19. The Bertz CT molecular complexity index is 584. The fourth-order valence-corrected chi connectivity index (χ4v) is 2.01. The second-order valence-electron chi connectivity index (χ2n) is 5.18. The lowest BCUT2D eigenvalue weighted by Crippen LogP contribution is -2.40. The summed E-state index contributed by atoms with van der Waals surface area (Å²) in [7, 11) is 0. The molecule has 2 fully saturated rings. The van der Waals surface area contributed by atoms with Crippen LogP contribution in [0.1, 0.15) is 38.5 Å². The van der Waals surface area contributed by atoms with Gasteiger partial charge in [0.05, 0.1) is 6.42 Å². The van der Waals surface area contributed by atoms with E-state index in [0.29, 0.717) is 10.1 Å². The van der Waals surface area contributed by atoms with E-state index in [1.54, 1.807) is 0 Å². The fraction of sp³-hybridized carbons (Fsp3) is 0.538. The molecule has 4 amide bonds. The zero-order valence-corrected chi connectivity index (χ0v) is 12.6. The van der Waals surface area contributed by atoms with E-state index in [1.165, 1.54) is 0 Å². The maximum absolute atomic E-state index is 11.7. The SMILES string of the molecule is N[C@@H](CCC(=O)ON1C(=O)CCC1=O)C(=O)ON1C(=O)CCC1=O. The molecule has 0 spiro atoms. The Morgan fingerprint density at radius 1 is 0.875 bits per heavy atom. The van der Waals surface area contributed by atoms with Crippen molar-refractivity contribution in [2.75, 3.05) is 0 Å². The molecule has 2 aliphatic heterocycles. The van der Waals surface area contributed by atoms with Crippen molar-refractivity contribution in [3.8, 4) is 0 Å². The molecule has 2 saturated heterocycles. The lowest BCUT2D eigenvalue weighted by Gasteiger charge is -2.16. The third-order valence-electron chi connectivity index (χ3n) is 3.35. The Kier molecular flexibility index (Phi) is 5.24. The maximum Gasteiger partial charge on any atom is 0.349 e. The van der Waals surface area contributed by atoms with Crippen LogP contribution in [-0.4, -0.2) is 51.7 Å². The first kappa shape index (κ1) is 17.5. The molecule has 0 aromatic carbocycles. The minimum Gasteiger partial charge on any atom is -0.330 e. The van der Waals surface area contributed by atoms with Crippen molar-refractivity contribution >= 4 is 35.6 Å². The van der Waals surface area contributed by atoms with Crippen molar-refractivity contribution in [1.82, 2.24) is 10.1 Å². The molecule has 0 radical (unpaired) electrons. The molecular weight excluding hydrogens is 326 g/mol. The molecule has 24 heavy (non-hydrogen) atoms. The van der Waals surface area contributed by atoms with Gasteiger partial charge in [0.15, 0.2) is 0 Å². The lowest BCUT2D eigenvalue weighted by molar-refractivity contribution is -0.200. The van der Waals surface area contributed by atoms with E-state index < -0.39 is 41.6 Å². The number of carbonyl (C=O) groups is 6. The van der Waals surface area contributed by atoms with Crippen molar-refractivity contribution in [3.05, 3.63) is 0 Å². The van der Waals surface area contributed by atoms with Gasteiger partial charge in [0.2, 0.25) is 0 Å². The lowest BCUT2D eigenvalue weighted by atomic mass is 10.2. The average molecular weight is 341 g/mol. The standard InChI is InChI=1S/C13H15N3O8/c14-7(13(22)24-16-10(19)4-5-11(16)20)1-6-12(21)23-15-8(17)2-3-9(15)18/h7H,1-6,14H2/t7-/m0/s1. The van der Waals surface area contributed by atoms with Crippen molar-refractivity contribution in [2.45, 2.75) is 44.6 Å². The summed E-state index contributed by atoms with van der Waals surface area (Å²) in [5.41, 5.74) is 5.52. The zero-order chi connectivity index (χ0) is 17.9. The van der Waals surface area contributed by atoms with Gasteiger partial charge in [0.1, 0.15) is 6.04 Å². The molecule has 0 unspecified atom stereocenters. The van der Waals surface area contributed by atoms with Gasteiger partial charge in [-0.15, -0.1) is 10.1 Å². The van der Waals surface area contributed by atoms with Crippen LogP contribution in [0.5, 0.6) is 0 Å². The molecule has 0 aromatic rings. The molecule has 2 N–H and O–H groups in total. The summed E-state index contributed by atoms with van der Waals surface area (Å²) >= 11 is 0. The van der Waals surface area contributed by atoms with E-state index in [-0.39, 0.29) is 38.5 Å². The van der Waals surface area contributed by atoms with E-state index in [4.69, 9.17) is 5.73 Å². The number of rotatable bonds is 6. The van der Waals surface area contributed by atoms with Crippen molar-refractivity contribution in [3.63, 3.8) is 0 Å². The van der Waals surface area contributed by atoms with Gasteiger partial charge in [-0.25, -0.2) is 9.59 Å². The first-order valence-corrected chi connectivity index (χ1v) is 7.19. The number of hydroxylamine groups is 4. The predicted octanol–water partition coefficient (Wildman–Crippen LogP) is -1.69. The normalized spacial score (nSPS) is 19.0. The molecular formula is C13H15N3O8. The number of hydrogen-bond acceptors (Lipinski definition) is 9. The smallest absolute Gasteiger partial charge is 0.330 e. The highest BCUT2D eigenvalue weighted by molar-refractivity contribution is 6.02. The summed E-state index contributed by atoms with van der Waals surface area (Å²) in [5, 5.41) is 0.732. The van der Waals surface area contributed by atoms with Gasteiger partial charge in [0.25, 0.3) is 23.6 Å². The van der Waals surface area contributed by atoms with Crippen molar-refractivity contribution in [1.29, 1.82) is 0 Å². The van der Waals surface area contributed by atoms with E-state index in [9.17, 15) is 28.8 Å². The summed E-state index contributed by atoms with van der Waals surface area (Å²) in [6.07, 6.45) is -0.748. The molecule has 0 aliphatic carbocycles. The number of imide groups is 2. The zero-order valence-electron chi connectivity index (χ0n) is 12.6. The number of nitrogens with two attached hydrogens (primary N) is 1. The van der Waals surface area contributed by atoms with Gasteiger partial charge in [-0.1, -0.05) is 0 Å². The van der Waals surface area contributed by atoms with E-state index in [1.807, 2.05) is 0 Å². The van der Waals surface area contributed by atoms with Gasteiger partial charge >= 0.3 is 11.9 Å². The second-order valence-corrected chi connectivity index (χ2v) is 5.18. The monoisotopic (exact) mass is 341 g/mol. The first-order chi connectivity index (χ1) is 11.3. The Balaban J connectivity index is 1.76. The molecule has 2 heterocycles. The predicted molar refractivity (Wildman–Crippen MR) is 71.6 cm³/mol. The summed E-state index contributed by atoms with van der Waals surface area (Å²) in [4.78, 5) is 77.6. The minimum absolute atomic E-state index is 0.0319. The Morgan fingerprint density at radius 2 is 1.29 bits per heavy atom. The van der Waals surface area contributed by atoms with Crippen molar-refractivity contribution in [2.24, 2.45) is 5.73 Å². The van der Waals surface area contributed by atoms with Crippen LogP contribution < -0.4 is 5.73 Å². The Labute approximate surface area is 135 Å². The summed E-state index contributed by atoms with van der Waals surface area (Å²) in [6.45, 7) is 0. The van der Waals surface area contributed by atoms with Crippen LogP contribution >= 0.6 is 0 Å². The van der Waals surface area contributed by atoms with Gasteiger partial charge in [-0.2, -0.15) is 0 Å². The highest BCUT2D eigenvalue weighted by atomic mass is 16.7. The molecule has 1 atom stereocenters. The van der Waals surface area contributed by atoms with E-state index >= 15 is 0 Å². The van der Waals surface area contributed by atoms with Crippen LogP contribution in [0.15, 0.2) is 0 Å². The highest BCUT2D eigenvalue weighted by Gasteiger charge is 2.35. The van der Waals surface area contributed by atoms with E-state index in [0.717, 1.165) is 0 Å². The van der Waals surface area contributed by atoms with Gasteiger partial charge in [-0.05, 0) is 6.42 Å². The summed E-state index contributed by atoms with van der Waals surface area (Å²) in [6, 6.07) is -1.29. The molecule has 2 rings (SSSR count). The Hall–Kier alpha value is -2.82. The van der Waals surface area contributed by atoms with Crippen LogP contribution in [0.2, 0.25) is 0 Å². The number of nitrogens with zero attached hydrogens (tertiary/aromatic N) is 2. The van der Waals surface area contributed by atoms with Gasteiger partial charge in [-0.3, -0.25) is 19.2 Å². The summed E-state index contributed by atoms with van der Waals surface area (Å²) < 4.78 is 0. The topological polar surface area (TPSA) is 153 Å². The van der Waals surface area contributed by atoms with Gasteiger partial charge < -0.3 is 15.4 Å². The third kappa shape index (κ3) is 3.93. The van der Waals surface area contributed by atoms with Crippen LogP contribution in [0.25, 0.3) is 0 Å². The Morgan fingerprint density at radius 3 is 1.75 bits per heavy atom. The molecule has 0 aromatic heterocycles. The van der Waals surface area contributed by atoms with Crippen LogP contribution in [0.3, 0.4) is 0 Å². The summed E-state index contributed by atoms with van der Waals surface area (Å²) in [5.74, 6) is -4.52. The highest BCUT2D eigenvalue weighted by Crippen LogP contribution is 2.15. The second kappa shape index (κ2) is 7.17. The van der Waals surface area contributed by atoms with Gasteiger partial charge in [0, 0.05) is 25.7 Å². The molecule has 130 valence electrons. The fourth-order valence-electron chi connectivity index (χ4n) is 2.01. The van der Waals surface area contributed by atoms with E-state index in [2.05, 4.69) is 9.68 Å².